The van der Waals surface area contributed by atoms with Gasteiger partial charge >= 0.3 is 0 Å². The number of ether oxygens (including phenoxy) is 1. The minimum absolute atomic E-state index is 0.151. The van der Waals surface area contributed by atoms with Gasteiger partial charge < -0.3 is 15.0 Å². The standard InChI is InChI=1S/C15H31N3O/c1-7-8-10-19-11-9-17-13(16-6)18-12-14(2,3)15(18,4)5/h7-12H2,1-6H3,(H,16,17). The molecule has 0 spiro atoms. The third-order valence-electron chi connectivity index (χ3n) is 4.52. The van der Waals surface area contributed by atoms with Crippen molar-refractivity contribution < 1.29 is 4.74 Å². The summed E-state index contributed by atoms with van der Waals surface area (Å²) in [7, 11) is 1.85. The van der Waals surface area contributed by atoms with Crippen molar-refractivity contribution in [3.05, 3.63) is 0 Å². The van der Waals surface area contributed by atoms with Crippen LogP contribution in [0.1, 0.15) is 47.5 Å². The number of unbranched alkanes of at least 4 members (excludes halogenated alkanes) is 1. The van der Waals surface area contributed by atoms with Gasteiger partial charge in [-0.3, -0.25) is 4.99 Å². The largest absolute Gasteiger partial charge is 0.380 e. The van der Waals surface area contributed by atoms with Gasteiger partial charge in [-0.1, -0.05) is 27.2 Å². The van der Waals surface area contributed by atoms with Gasteiger partial charge in [-0.25, -0.2) is 0 Å². The summed E-state index contributed by atoms with van der Waals surface area (Å²) in [6.07, 6.45) is 2.33. The van der Waals surface area contributed by atoms with Crippen LogP contribution in [-0.2, 0) is 4.74 Å². The first-order valence-electron chi connectivity index (χ1n) is 7.43. The first-order valence-corrected chi connectivity index (χ1v) is 7.43. The number of rotatable bonds is 6. The van der Waals surface area contributed by atoms with E-state index in [2.05, 4.69) is 49.8 Å². The van der Waals surface area contributed by atoms with Gasteiger partial charge in [0.2, 0.25) is 0 Å². The van der Waals surface area contributed by atoms with Crippen molar-refractivity contribution in [1.82, 2.24) is 10.2 Å². The second-order valence-corrected chi connectivity index (χ2v) is 6.47. The molecule has 0 saturated carbocycles. The maximum absolute atomic E-state index is 5.56. The Morgan fingerprint density at radius 3 is 2.42 bits per heavy atom. The van der Waals surface area contributed by atoms with Crippen molar-refractivity contribution in [1.29, 1.82) is 0 Å². The molecule has 0 aromatic heterocycles. The number of guanidine groups is 1. The van der Waals surface area contributed by atoms with E-state index in [0.717, 1.165) is 38.7 Å². The van der Waals surface area contributed by atoms with Gasteiger partial charge in [0.15, 0.2) is 5.96 Å². The topological polar surface area (TPSA) is 36.9 Å². The zero-order valence-electron chi connectivity index (χ0n) is 13.5. The van der Waals surface area contributed by atoms with Crippen LogP contribution in [0.25, 0.3) is 0 Å². The van der Waals surface area contributed by atoms with E-state index in [1.807, 2.05) is 7.05 Å². The Balaban J connectivity index is 2.32. The summed E-state index contributed by atoms with van der Waals surface area (Å²) >= 11 is 0. The van der Waals surface area contributed by atoms with E-state index in [-0.39, 0.29) is 5.54 Å². The highest BCUT2D eigenvalue weighted by Crippen LogP contribution is 2.46. The highest BCUT2D eigenvalue weighted by atomic mass is 16.5. The molecule has 1 aliphatic rings. The third-order valence-corrected chi connectivity index (χ3v) is 4.52. The molecule has 0 bridgehead atoms. The molecule has 4 nitrogen and oxygen atoms in total. The number of nitrogens with zero attached hydrogens (tertiary/aromatic N) is 2. The number of likely N-dealkylation sites (tertiary alicyclic amines) is 1. The fourth-order valence-electron chi connectivity index (χ4n) is 2.28. The Labute approximate surface area is 118 Å². The summed E-state index contributed by atoms with van der Waals surface area (Å²) in [5, 5.41) is 3.39. The molecule has 1 N–H and O–H groups in total. The smallest absolute Gasteiger partial charge is 0.194 e. The molecular weight excluding hydrogens is 238 g/mol. The zero-order valence-corrected chi connectivity index (χ0v) is 13.5. The van der Waals surface area contributed by atoms with E-state index in [1.165, 1.54) is 6.42 Å². The van der Waals surface area contributed by atoms with Crippen LogP contribution in [0.15, 0.2) is 4.99 Å². The molecule has 0 unspecified atom stereocenters. The van der Waals surface area contributed by atoms with Crippen LogP contribution >= 0.6 is 0 Å². The van der Waals surface area contributed by atoms with Gasteiger partial charge in [0.25, 0.3) is 0 Å². The molecule has 0 aliphatic carbocycles. The molecule has 19 heavy (non-hydrogen) atoms. The Bertz CT molecular complexity index is 311. The number of aliphatic imine (C=N–C) groups is 1. The normalized spacial score (nSPS) is 21.2. The molecule has 1 fully saturated rings. The van der Waals surface area contributed by atoms with Gasteiger partial charge in [-0.05, 0) is 20.3 Å². The van der Waals surface area contributed by atoms with Gasteiger partial charge in [0.1, 0.15) is 0 Å². The summed E-state index contributed by atoms with van der Waals surface area (Å²) < 4.78 is 5.56. The average Bonchev–Trinajstić information content (AvgIpc) is 2.36. The summed E-state index contributed by atoms with van der Waals surface area (Å²) in [4.78, 5) is 6.73. The number of nitrogens with one attached hydrogen (secondary N) is 1. The van der Waals surface area contributed by atoms with Crippen LogP contribution < -0.4 is 5.32 Å². The van der Waals surface area contributed by atoms with Crippen LogP contribution in [-0.4, -0.2) is 49.7 Å². The van der Waals surface area contributed by atoms with Crippen molar-refractivity contribution in [3.63, 3.8) is 0 Å². The molecule has 1 saturated heterocycles. The highest BCUT2D eigenvalue weighted by Gasteiger charge is 2.53. The van der Waals surface area contributed by atoms with Crippen molar-refractivity contribution >= 4 is 5.96 Å². The molecule has 1 rings (SSSR count). The summed E-state index contributed by atoms with van der Waals surface area (Å²) in [5.74, 6) is 0.989. The molecule has 112 valence electrons. The quantitative estimate of drug-likeness (QED) is 0.457. The lowest BCUT2D eigenvalue weighted by atomic mass is 9.65. The van der Waals surface area contributed by atoms with E-state index >= 15 is 0 Å². The molecule has 0 aromatic carbocycles. The lowest BCUT2D eigenvalue weighted by Crippen LogP contribution is -2.72. The molecule has 1 aliphatic heterocycles. The minimum atomic E-state index is 0.151. The second-order valence-electron chi connectivity index (χ2n) is 6.47. The Hall–Kier alpha value is -0.770. The predicted molar refractivity (Wildman–Crippen MR) is 81.7 cm³/mol. The minimum Gasteiger partial charge on any atom is -0.380 e. The molecule has 0 aromatic rings. The van der Waals surface area contributed by atoms with E-state index in [1.54, 1.807) is 0 Å². The van der Waals surface area contributed by atoms with Gasteiger partial charge in [-0.15, -0.1) is 0 Å². The van der Waals surface area contributed by atoms with Gasteiger partial charge in [0.05, 0.1) is 6.61 Å². The van der Waals surface area contributed by atoms with E-state index in [0.29, 0.717) is 5.41 Å². The number of hydrogen-bond donors (Lipinski definition) is 1. The third kappa shape index (κ3) is 3.62. The predicted octanol–water partition coefficient (Wildman–Crippen LogP) is 2.50. The lowest BCUT2D eigenvalue weighted by Gasteiger charge is -2.62. The van der Waals surface area contributed by atoms with Crippen molar-refractivity contribution in [2.75, 3.05) is 33.4 Å². The zero-order chi connectivity index (χ0) is 14.5. The first-order chi connectivity index (χ1) is 8.86. The van der Waals surface area contributed by atoms with Crippen molar-refractivity contribution in [2.24, 2.45) is 10.4 Å². The second kappa shape index (κ2) is 6.60. The fraction of sp³-hybridized carbons (Fsp3) is 0.933. The summed E-state index contributed by atoms with van der Waals surface area (Å²) in [5.41, 5.74) is 0.486. The molecule has 0 amide bonds. The monoisotopic (exact) mass is 269 g/mol. The van der Waals surface area contributed by atoms with Crippen LogP contribution in [0.3, 0.4) is 0 Å². The van der Waals surface area contributed by atoms with E-state index in [9.17, 15) is 0 Å². The SMILES string of the molecule is CCCCOCCNC(=NC)N1CC(C)(C)C1(C)C. The summed E-state index contributed by atoms with van der Waals surface area (Å²) in [6.45, 7) is 14.8. The van der Waals surface area contributed by atoms with Crippen molar-refractivity contribution in [3.8, 4) is 0 Å². The van der Waals surface area contributed by atoms with Gasteiger partial charge in [0, 0.05) is 37.7 Å². The molecule has 0 radical (unpaired) electrons. The Morgan fingerprint density at radius 1 is 1.26 bits per heavy atom. The van der Waals surface area contributed by atoms with Crippen LogP contribution in [0.5, 0.6) is 0 Å². The van der Waals surface area contributed by atoms with Crippen LogP contribution in [0.4, 0.5) is 0 Å². The average molecular weight is 269 g/mol. The first kappa shape index (κ1) is 16.3. The molecule has 0 atom stereocenters. The molecule has 4 heteroatoms. The van der Waals surface area contributed by atoms with Crippen LogP contribution in [0.2, 0.25) is 0 Å². The maximum atomic E-state index is 5.56. The van der Waals surface area contributed by atoms with Crippen molar-refractivity contribution in [2.45, 2.75) is 53.0 Å². The molecule has 1 heterocycles. The number of hydrogen-bond acceptors (Lipinski definition) is 2. The van der Waals surface area contributed by atoms with E-state index < -0.39 is 0 Å². The summed E-state index contributed by atoms with van der Waals surface area (Å²) in [6, 6.07) is 0. The Morgan fingerprint density at radius 2 is 1.95 bits per heavy atom. The van der Waals surface area contributed by atoms with Gasteiger partial charge in [-0.2, -0.15) is 0 Å². The van der Waals surface area contributed by atoms with E-state index in [4.69, 9.17) is 4.74 Å². The lowest BCUT2D eigenvalue weighted by molar-refractivity contribution is -0.0668. The maximum Gasteiger partial charge on any atom is 0.194 e. The highest BCUT2D eigenvalue weighted by molar-refractivity contribution is 5.81. The Kier molecular flexibility index (Phi) is 5.65. The van der Waals surface area contributed by atoms with Crippen LogP contribution in [0, 0.1) is 5.41 Å². The molecular formula is C15H31N3O. The fourth-order valence-corrected chi connectivity index (χ4v) is 2.28.